The Balaban J connectivity index is 2.22. The fourth-order valence-corrected chi connectivity index (χ4v) is 2.64. The molecule has 0 aromatic rings. The molecule has 0 bridgehead atoms. The van der Waals surface area contributed by atoms with Crippen molar-refractivity contribution in [3.05, 3.63) is 0 Å². The van der Waals surface area contributed by atoms with E-state index in [-0.39, 0.29) is 12.5 Å². The van der Waals surface area contributed by atoms with Crippen LogP contribution >= 0.6 is 0 Å². The van der Waals surface area contributed by atoms with Gasteiger partial charge in [0, 0.05) is 6.61 Å². The normalized spacial score (nSPS) is 19.6. The highest BCUT2D eigenvalue weighted by atomic mass is 16.4. The molecule has 3 heteroatoms. The maximum Gasteiger partial charge on any atom is 0.306 e. The van der Waals surface area contributed by atoms with Crippen LogP contribution < -0.4 is 0 Å². The van der Waals surface area contributed by atoms with Crippen LogP contribution in [0, 0.1) is 11.8 Å². The van der Waals surface area contributed by atoms with Gasteiger partial charge in [-0.05, 0) is 31.6 Å². The van der Waals surface area contributed by atoms with Crippen LogP contribution in [0.25, 0.3) is 0 Å². The molecule has 0 radical (unpaired) electrons. The van der Waals surface area contributed by atoms with Crippen molar-refractivity contribution < 1.29 is 15.0 Å². The minimum absolute atomic E-state index is 0.104. The van der Waals surface area contributed by atoms with E-state index in [1.165, 1.54) is 32.1 Å². The molecule has 1 atom stereocenters. The van der Waals surface area contributed by atoms with Crippen LogP contribution in [0.4, 0.5) is 0 Å². The van der Waals surface area contributed by atoms with Crippen LogP contribution in [0.3, 0.4) is 0 Å². The topological polar surface area (TPSA) is 57.5 Å². The van der Waals surface area contributed by atoms with Crippen molar-refractivity contribution >= 4 is 5.97 Å². The Bertz CT molecular complexity index is 197. The zero-order valence-corrected chi connectivity index (χ0v) is 10.0. The first-order chi connectivity index (χ1) is 7.74. The average molecular weight is 228 g/mol. The number of carboxylic acid groups (broad SMARTS) is 1. The lowest BCUT2D eigenvalue weighted by molar-refractivity contribution is -0.142. The predicted molar refractivity (Wildman–Crippen MR) is 63.3 cm³/mol. The zero-order valence-electron chi connectivity index (χ0n) is 10.0. The van der Waals surface area contributed by atoms with E-state index in [0.29, 0.717) is 12.8 Å². The Morgan fingerprint density at radius 3 is 2.44 bits per heavy atom. The number of hydrogen-bond acceptors (Lipinski definition) is 2. The summed E-state index contributed by atoms with van der Waals surface area (Å²) < 4.78 is 0. The van der Waals surface area contributed by atoms with Crippen LogP contribution in [0.1, 0.15) is 57.8 Å². The number of carbonyl (C=O) groups is 1. The van der Waals surface area contributed by atoms with Gasteiger partial charge in [-0.2, -0.15) is 0 Å². The van der Waals surface area contributed by atoms with Gasteiger partial charge in [0.1, 0.15) is 0 Å². The van der Waals surface area contributed by atoms with Gasteiger partial charge in [-0.15, -0.1) is 0 Å². The summed E-state index contributed by atoms with van der Waals surface area (Å²) >= 11 is 0. The van der Waals surface area contributed by atoms with E-state index in [0.717, 1.165) is 18.8 Å². The third kappa shape index (κ3) is 4.97. The molecule has 0 aliphatic heterocycles. The largest absolute Gasteiger partial charge is 0.481 e. The van der Waals surface area contributed by atoms with Crippen LogP contribution in [-0.4, -0.2) is 22.8 Å². The number of aliphatic hydroxyl groups is 1. The van der Waals surface area contributed by atoms with Gasteiger partial charge in [0.25, 0.3) is 0 Å². The number of aliphatic carboxylic acids is 1. The van der Waals surface area contributed by atoms with Gasteiger partial charge in [-0.3, -0.25) is 4.79 Å². The van der Waals surface area contributed by atoms with Crippen molar-refractivity contribution in [3.8, 4) is 0 Å². The van der Waals surface area contributed by atoms with Gasteiger partial charge in [-0.1, -0.05) is 32.1 Å². The monoisotopic (exact) mass is 228 g/mol. The molecule has 1 saturated carbocycles. The molecule has 94 valence electrons. The Morgan fingerprint density at radius 1 is 1.19 bits per heavy atom. The summed E-state index contributed by atoms with van der Waals surface area (Å²) in [7, 11) is 0. The minimum atomic E-state index is -0.691. The molecule has 16 heavy (non-hydrogen) atoms. The summed E-state index contributed by atoms with van der Waals surface area (Å²) in [6.45, 7) is 0.104. The molecular formula is C13H24O3. The second kappa shape index (κ2) is 7.66. The first-order valence-electron chi connectivity index (χ1n) is 6.57. The highest BCUT2D eigenvalue weighted by Gasteiger charge is 2.20. The van der Waals surface area contributed by atoms with Gasteiger partial charge in [0.2, 0.25) is 0 Å². The van der Waals surface area contributed by atoms with Crippen molar-refractivity contribution in [3.63, 3.8) is 0 Å². The summed E-state index contributed by atoms with van der Waals surface area (Å²) in [5.41, 5.74) is 0. The van der Waals surface area contributed by atoms with Crippen LogP contribution in [0.15, 0.2) is 0 Å². The quantitative estimate of drug-likeness (QED) is 0.704. The van der Waals surface area contributed by atoms with Crippen molar-refractivity contribution in [2.75, 3.05) is 6.61 Å². The van der Waals surface area contributed by atoms with Gasteiger partial charge in [0.15, 0.2) is 0 Å². The van der Waals surface area contributed by atoms with Gasteiger partial charge >= 0.3 is 5.97 Å². The number of hydrogen-bond donors (Lipinski definition) is 2. The molecule has 1 rings (SSSR count). The van der Waals surface area contributed by atoms with Gasteiger partial charge in [0.05, 0.1) is 5.92 Å². The fourth-order valence-electron chi connectivity index (χ4n) is 2.64. The summed E-state index contributed by atoms with van der Waals surface area (Å²) in [5, 5.41) is 17.8. The standard InChI is InChI=1S/C13H24O3/c14-10-4-7-12(13(15)16)9-8-11-5-2-1-3-6-11/h11-12,14H,1-10H2,(H,15,16). The molecule has 0 saturated heterocycles. The maximum atomic E-state index is 11.0. The lowest BCUT2D eigenvalue weighted by Crippen LogP contribution is -2.16. The minimum Gasteiger partial charge on any atom is -0.481 e. The van der Waals surface area contributed by atoms with Crippen LogP contribution in [0.5, 0.6) is 0 Å². The molecule has 1 unspecified atom stereocenters. The SMILES string of the molecule is O=C(O)C(CCCO)CCC1CCCCC1. The summed E-state index contributed by atoms with van der Waals surface area (Å²) in [4.78, 5) is 11.0. The lowest BCUT2D eigenvalue weighted by atomic mass is 9.83. The van der Waals surface area contributed by atoms with Crippen molar-refractivity contribution in [1.29, 1.82) is 0 Å². The average Bonchev–Trinajstić information content (AvgIpc) is 2.30. The van der Waals surface area contributed by atoms with Crippen LogP contribution in [-0.2, 0) is 4.79 Å². The van der Waals surface area contributed by atoms with E-state index in [1.807, 2.05) is 0 Å². The smallest absolute Gasteiger partial charge is 0.306 e. The van der Waals surface area contributed by atoms with Gasteiger partial charge in [-0.25, -0.2) is 0 Å². The number of carboxylic acids is 1. The molecule has 0 amide bonds. The van der Waals surface area contributed by atoms with Crippen molar-refractivity contribution in [2.24, 2.45) is 11.8 Å². The molecule has 3 nitrogen and oxygen atoms in total. The van der Waals surface area contributed by atoms with E-state index in [9.17, 15) is 4.79 Å². The second-order valence-corrected chi connectivity index (χ2v) is 4.98. The van der Waals surface area contributed by atoms with Gasteiger partial charge < -0.3 is 10.2 Å². The molecule has 1 aliphatic rings. The Kier molecular flexibility index (Phi) is 6.46. The van der Waals surface area contributed by atoms with E-state index in [2.05, 4.69) is 0 Å². The highest BCUT2D eigenvalue weighted by Crippen LogP contribution is 2.29. The molecule has 0 spiro atoms. The van der Waals surface area contributed by atoms with E-state index >= 15 is 0 Å². The zero-order chi connectivity index (χ0) is 11.8. The summed E-state index contributed by atoms with van der Waals surface area (Å²) in [5.74, 6) is -0.178. The lowest BCUT2D eigenvalue weighted by Gasteiger charge is -2.22. The summed E-state index contributed by atoms with van der Waals surface area (Å²) in [6, 6.07) is 0. The Morgan fingerprint density at radius 2 is 1.88 bits per heavy atom. The van der Waals surface area contributed by atoms with E-state index < -0.39 is 5.97 Å². The Hall–Kier alpha value is -0.570. The summed E-state index contributed by atoms with van der Waals surface area (Å²) in [6.07, 6.45) is 9.64. The Labute approximate surface area is 97.9 Å². The molecule has 1 aliphatic carbocycles. The molecule has 0 heterocycles. The molecule has 2 N–H and O–H groups in total. The van der Waals surface area contributed by atoms with Crippen LogP contribution in [0.2, 0.25) is 0 Å². The number of rotatable bonds is 7. The van der Waals surface area contributed by atoms with E-state index in [4.69, 9.17) is 10.2 Å². The van der Waals surface area contributed by atoms with Crippen molar-refractivity contribution in [1.82, 2.24) is 0 Å². The third-order valence-electron chi connectivity index (χ3n) is 3.71. The molecule has 0 aromatic carbocycles. The first kappa shape index (κ1) is 13.5. The second-order valence-electron chi connectivity index (χ2n) is 4.98. The highest BCUT2D eigenvalue weighted by molar-refractivity contribution is 5.69. The third-order valence-corrected chi connectivity index (χ3v) is 3.71. The van der Waals surface area contributed by atoms with E-state index in [1.54, 1.807) is 0 Å². The first-order valence-corrected chi connectivity index (χ1v) is 6.57. The molecule has 0 aromatic heterocycles. The molecule has 1 fully saturated rings. The number of aliphatic hydroxyl groups excluding tert-OH is 1. The van der Waals surface area contributed by atoms with Crippen molar-refractivity contribution in [2.45, 2.75) is 57.8 Å². The molecular weight excluding hydrogens is 204 g/mol. The predicted octanol–water partition coefficient (Wildman–Crippen LogP) is 2.82. The fraction of sp³-hybridized carbons (Fsp3) is 0.923. The maximum absolute atomic E-state index is 11.0.